The maximum absolute atomic E-state index is 5.09. The monoisotopic (exact) mass is 182 g/mol. The summed E-state index contributed by atoms with van der Waals surface area (Å²) in [6.45, 7) is 3.05. The van der Waals surface area contributed by atoms with E-state index < -0.39 is 0 Å². The molecule has 0 aromatic heterocycles. The van der Waals surface area contributed by atoms with Gasteiger partial charge in [-0.15, -0.1) is 0 Å². The summed E-state index contributed by atoms with van der Waals surface area (Å²) in [6, 6.07) is 0. The molecule has 13 heavy (non-hydrogen) atoms. The lowest BCUT2D eigenvalue weighted by atomic mass is 9.82. The Bertz CT molecular complexity index is 155. The zero-order valence-electron chi connectivity index (χ0n) is 9.01. The molecule has 0 radical (unpaired) electrons. The van der Waals surface area contributed by atoms with Gasteiger partial charge in [0.1, 0.15) is 0 Å². The van der Waals surface area contributed by atoms with Crippen molar-refractivity contribution < 1.29 is 4.74 Å². The van der Waals surface area contributed by atoms with E-state index >= 15 is 0 Å². The van der Waals surface area contributed by atoms with Gasteiger partial charge in [-0.1, -0.05) is 37.8 Å². The molecule has 0 spiro atoms. The largest absolute Gasteiger partial charge is 0.381 e. The van der Waals surface area contributed by atoms with Crippen LogP contribution in [0.2, 0.25) is 0 Å². The van der Waals surface area contributed by atoms with Gasteiger partial charge in [-0.05, 0) is 25.2 Å². The van der Waals surface area contributed by atoms with Crippen LogP contribution in [0, 0.1) is 5.92 Å². The second-order valence-electron chi connectivity index (χ2n) is 3.92. The van der Waals surface area contributed by atoms with Gasteiger partial charge in [0.05, 0.1) is 6.61 Å². The lowest BCUT2D eigenvalue weighted by Gasteiger charge is -2.23. The van der Waals surface area contributed by atoms with Crippen LogP contribution in [0.1, 0.15) is 45.4 Å². The van der Waals surface area contributed by atoms with Crippen molar-refractivity contribution in [2.45, 2.75) is 45.4 Å². The van der Waals surface area contributed by atoms with Gasteiger partial charge < -0.3 is 4.74 Å². The molecule has 0 aromatic carbocycles. The Labute approximate surface area is 82.2 Å². The average Bonchev–Trinajstić information content (AvgIpc) is 2.21. The van der Waals surface area contributed by atoms with E-state index in [2.05, 4.69) is 13.0 Å². The van der Waals surface area contributed by atoms with Gasteiger partial charge in [0.15, 0.2) is 0 Å². The van der Waals surface area contributed by atoms with Crippen molar-refractivity contribution in [3.05, 3.63) is 11.6 Å². The summed E-state index contributed by atoms with van der Waals surface area (Å²) in [5.74, 6) is 0.869. The molecule has 1 nitrogen and oxygen atoms in total. The molecule has 0 amide bonds. The predicted molar refractivity (Wildman–Crippen MR) is 56.8 cm³/mol. The SMILES string of the molecule is CC/C(=C\COC)C1CCCCC1. The van der Waals surface area contributed by atoms with E-state index in [0.29, 0.717) is 0 Å². The maximum Gasteiger partial charge on any atom is 0.0646 e. The molecule has 1 aliphatic rings. The summed E-state index contributed by atoms with van der Waals surface area (Å²) in [7, 11) is 1.77. The first-order valence-electron chi connectivity index (χ1n) is 5.56. The van der Waals surface area contributed by atoms with E-state index in [1.165, 1.54) is 38.5 Å². The molecule has 0 saturated heterocycles. The van der Waals surface area contributed by atoms with E-state index in [1.54, 1.807) is 12.7 Å². The first-order valence-corrected chi connectivity index (χ1v) is 5.56. The molecular weight excluding hydrogens is 160 g/mol. The molecule has 1 aliphatic carbocycles. The van der Waals surface area contributed by atoms with Crippen LogP contribution < -0.4 is 0 Å². The molecule has 1 saturated carbocycles. The third kappa shape index (κ3) is 3.51. The van der Waals surface area contributed by atoms with Crippen LogP contribution in [0.5, 0.6) is 0 Å². The highest BCUT2D eigenvalue weighted by Crippen LogP contribution is 2.30. The molecule has 0 atom stereocenters. The molecule has 0 unspecified atom stereocenters. The number of hydrogen-bond acceptors (Lipinski definition) is 1. The fourth-order valence-corrected chi connectivity index (χ4v) is 2.26. The molecule has 0 N–H and O–H groups in total. The summed E-state index contributed by atoms with van der Waals surface area (Å²) >= 11 is 0. The standard InChI is InChI=1S/C12H22O/c1-3-11(9-10-13-2)12-7-5-4-6-8-12/h9,12H,3-8,10H2,1-2H3/b11-9+. The number of allylic oxidation sites excluding steroid dienone is 1. The molecule has 0 bridgehead atoms. The minimum Gasteiger partial charge on any atom is -0.381 e. The summed E-state index contributed by atoms with van der Waals surface area (Å²) in [6.07, 6.45) is 10.6. The van der Waals surface area contributed by atoms with Crippen molar-refractivity contribution in [3.63, 3.8) is 0 Å². The average molecular weight is 182 g/mol. The Balaban J connectivity index is 2.43. The Hall–Kier alpha value is -0.300. The van der Waals surface area contributed by atoms with Crippen LogP contribution in [-0.4, -0.2) is 13.7 Å². The number of methoxy groups -OCH3 is 1. The first-order chi connectivity index (χ1) is 6.38. The Morgan fingerprint density at radius 1 is 1.31 bits per heavy atom. The predicted octanol–water partition coefficient (Wildman–Crippen LogP) is 3.55. The van der Waals surface area contributed by atoms with E-state index in [4.69, 9.17) is 4.74 Å². The lowest BCUT2D eigenvalue weighted by molar-refractivity contribution is 0.231. The lowest BCUT2D eigenvalue weighted by Crippen LogP contribution is -2.09. The molecule has 0 aliphatic heterocycles. The van der Waals surface area contributed by atoms with Crippen molar-refractivity contribution in [2.75, 3.05) is 13.7 Å². The highest BCUT2D eigenvalue weighted by Gasteiger charge is 2.15. The van der Waals surface area contributed by atoms with Crippen molar-refractivity contribution >= 4 is 0 Å². The van der Waals surface area contributed by atoms with Gasteiger partial charge in [-0.3, -0.25) is 0 Å². The molecular formula is C12H22O. The molecule has 0 aromatic rings. The number of ether oxygens (including phenoxy) is 1. The Morgan fingerprint density at radius 3 is 2.54 bits per heavy atom. The topological polar surface area (TPSA) is 9.23 Å². The summed E-state index contributed by atoms with van der Waals surface area (Å²) in [5.41, 5.74) is 1.63. The van der Waals surface area contributed by atoms with Gasteiger partial charge >= 0.3 is 0 Å². The molecule has 1 heteroatoms. The third-order valence-corrected chi connectivity index (χ3v) is 3.05. The van der Waals surface area contributed by atoms with E-state index in [-0.39, 0.29) is 0 Å². The van der Waals surface area contributed by atoms with Gasteiger partial charge in [0.25, 0.3) is 0 Å². The van der Waals surface area contributed by atoms with E-state index in [0.717, 1.165) is 12.5 Å². The minimum atomic E-state index is 0.791. The zero-order chi connectivity index (χ0) is 9.52. The smallest absolute Gasteiger partial charge is 0.0646 e. The summed E-state index contributed by atoms with van der Waals surface area (Å²) < 4.78 is 5.09. The normalized spacial score (nSPS) is 20.6. The molecule has 76 valence electrons. The van der Waals surface area contributed by atoms with Gasteiger partial charge in [0, 0.05) is 7.11 Å². The van der Waals surface area contributed by atoms with Crippen LogP contribution in [0.25, 0.3) is 0 Å². The van der Waals surface area contributed by atoms with Crippen molar-refractivity contribution in [2.24, 2.45) is 5.92 Å². The fraction of sp³-hybridized carbons (Fsp3) is 0.833. The van der Waals surface area contributed by atoms with Crippen LogP contribution >= 0.6 is 0 Å². The maximum atomic E-state index is 5.09. The van der Waals surface area contributed by atoms with Crippen LogP contribution in [0.3, 0.4) is 0 Å². The van der Waals surface area contributed by atoms with Crippen LogP contribution in [-0.2, 0) is 4.74 Å². The highest BCUT2D eigenvalue weighted by atomic mass is 16.5. The summed E-state index contributed by atoms with van der Waals surface area (Å²) in [4.78, 5) is 0. The quantitative estimate of drug-likeness (QED) is 0.604. The van der Waals surface area contributed by atoms with Gasteiger partial charge in [-0.25, -0.2) is 0 Å². The third-order valence-electron chi connectivity index (χ3n) is 3.05. The minimum absolute atomic E-state index is 0.791. The molecule has 1 fully saturated rings. The number of rotatable bonds is 4. The fourth-order valence-electron chi connectivity index (χ4n) is 2.26. The first kappa shape index (κ1) is 10.8. The number of hydrogen-bond donors (Lipinski definition) is 0. The van der Waals surface area contributed by atoms with Crippen molar-refractivity contribution in [1.82, 2.24) is 0 Å². The summed E-state index contributed by atoms with van der Waals surface area (Å²) in [5, 5.41) is 0. The van der Waals surface area contributed by atoms with E-state index in [1.807, 2.05) is 0 Å². The second kappa shape index (κ2) is 6.20. The van der Waals surface area contributed by atoms with Crippen LogP contribution in [0.4, 0.5) is 0 Å². The van der Waals surface area contributed by atoms with Crippen molar-refractivity contribution in [1.29, 1.82) is 0 Å². The second-order valence-corrected chi connectivity index (χ2v) is 3.92. The van der Waals surface area contributed by atoms with Gasteiger partial charge in [0.2, 0.25) is 0 Å². The Kier molecular flexibility index (Phi) is 5.14. The molecule has 0 heterocycles. The highest BCUT2D eigenvalue weighted by molar-refractivity contribution is 5.07. The van der Waals surface area contributed by atoms with Crippen LogP contribution in [0.15, 0.2) is 11.6 Å². The van der Waals surface area contributed by atoms with E-state index in [9.17, 15) is 0 Å². The Morgan fingerprint density at radius 2 is 2.00 bits per heavy atom. The molecule has 1 rings (SSSR count). The zero-order valence-corrected chi connectivity index (χ0v) is 9.01. The van der Waals surface area contributed by atoms with Crippen molar-refractivity contribution in [3.8, 4) is 0 Å². The van der Waals surface area contributed by atoms with Gasteiger partial charge in [-0.2, -0.15) is 0 Å².